The van der Waals surface area contributed by atoms with Gasteiger partial charge in [-0.05, 0) is 37.5 Å². The Labute approximate surface area is 95.5 Å². The molecule has 16 heavy (non-hydrogen) atoms. The molecular formula is C14H16O2. The van der Waals surface area contributed by atoms with E-state index < -0.39 is 6.10 Å². The van der Waals surface area contributed by atoms with Crippen LogP contribution in [-0.4, -0.2) is 5.11 Å². The van der Waals surface area contributed by atoms with Crippen molar-refractivity contribution >= 4 is 0 Å². The second kappa shape index (κ2) is 4.14. The van der Waals surface area contributed by atoms with Crippen LogP contribution in [0.3, 0.4) is 0 Å². The van der Waals surface area contributed by atoms with Crippen molar-refractivity contribution in [1.82, 2.24) is 0 Å². The molecule has 2 nitrogen and oxygen atoms in total. The summed E-state index contributed by atoms with van der Waals surface area (Å²) in [6.07, 6.45) is -0.673. The van der Waals surface area contributed by atoms with Crippen LogP contribution in [-0.2, 0) is 0 Å². The zero-order valence-electron chi connectivity index (χ0n) is 9.82. The molecule has 0 bridgehead atoms. The molecule has 84 valence electrons. The van der Waals surface area contributed by atoms with Crippen molar-refractivity contribution in [2.75, 3.05) is 0 Å². The van der Waals surface area contributed by atoms with Crippen LogP contribution in [0.5, 0.6) is 0 Å². The van der Waals surface area contributed by atoms with Crippen molar-refractivity contribution in [2.24, 2.45) is 0 Å². The maximum atomic E-state index is 10.2. The van der Waals surface area contributed by atoms with E-state index in [0.29, 0.717) is 5.76 Å². The van der Waals surface area contributed by atoms with Crippen LogP contribution < -0.4 is 0 Å². The number of hydrogen-bond acceptors (Lipinski definition) is 2. The molecule has 1 aromatic heterocycles. The Balaban J connectivity index is 2.42. The first-order valence-electron chi connectivity index (χ1n) is 5.40. The maximum Gasteiger partial charge on any atom is 0.140 e. The van der Waals surface area contributed by atoms with E-state index in [1.807, 2.05) is 51.1 Å². The molecule has 2 aromatic rings. The molecule has 2 rings (SSSR count). The van der Waals surface area contributed by atoms with E-state index in [4.69, 9.17) is 4.42 Å². The van der Waals surface area contributed by atoms with Crippen LogP contribution in [0.25, 0.3) is 0 Å². The van der Waals surface area contributed by atoms with E-state index >= 15 is 0 Å². The fourth-order valence-electron chi connectivity index (χ4n) is 1.81. The number of hydrogen-bond donors (Lipinski definition) is 1. The number of rotatable bonds is 2. The molecule has 0 saturated heterocycles. The topological polar surface area (TPSA) is 33.4 Å². The van der Waals surface area contributed by atoms with Gasteiger partial charge in [0.1, 0.15) is 17.6 Å². The highest BCUT2D eigenvalue weighted by Gasteiger charge is 2.19. The van der Waals surface area contributed by atoms with E-state index in [2.05, 4.69) is 0 Å². The number of aliphatic hydroxyl groups is 1. The highest BCUT2D eigenvalue weighted by Crippen LogP contribution is 2.29. The van der Waals surface area contributed by atoms with Crippen LogP contribution in [0.2, 0.25) is 0 Å². The second-order valence-corrected chi connectivity index (χ2v) is 4.09. The van der Waals surface area contributed by atoms with E-state index in [9.17, 15) is 5.11 Å². The van der Waals surface area contributed by atoms with Gasteiger partial charge in [-0.25, -0.2) is 0 Å². The Morgan fingerprint density at radius 1 is 1.00 bits per heavy atom. The lowest BCUT2D eigenvalue weighted by Gasteiger charge is -2.09. The third-order valence-electron chi connectivity index (χ3n) is 3.09. The summed E-state index contributed by atoms with van der Waals surface area (Å²) in [5.74, 6) is 1.53. The molecule has 1 atom stereocenters. The Hall–Kier alpha value is -1.54. The standard InChI is InChI=1S/C14H16O2/c1-9-10(2)14(16-11(9)3)13(15)12-7-5-4-6-8-12/h4-8,13,15H,1-3H3. The molecule has 1 unspecified atom stereocenters. The lowest BCUT2D eigenvalue weighted by atomic mass is 10.0. The molecular weight excluding hydrogens is 200 g/mol. The van der Waals surface area contributed by atoms with Crippen molar-refractivity contribution in [1.29, 1.82) is 0 Å². The summed E-state index contributed by atoms with van der Waals surface area (Å²) in [6.45, 7) is 5.91. The van der Waals surface area contributed by atoms with Crippen molar-refractivity contribution in [3.63, 3.8) is 0 Å². The third-order valence-corrected chi connectivity index (χ3v) is 3.09. The lowest BCUT2D eigenvalue weighted by molar-refractivity contribution is 0.186. The van der Waals surface area contributed by atoms with Gasteiger partial charge in [0.2, 0.25) is 0 Å². The van der Waals surface area contributed by atoms with E-state index in [0.717, 1.165) is 22.5 Å². The van der Waals surface area contributed by atoms with Gasteiger partial charge in [0.25, 0.3) is 0 Å². The Morgan fingerprint density at radius 2 is 1.62 bits per heavy atom. The first kappa shape index (κ1) is 11.0. The third kappa shape index (κ3) is 1.76. The minimum Gasteiger partial charge on any atom is -0.463 e. The van der Waals surface area contributed by atoms with Crippen LogP contribution in [0.15, 0.2) is 34.7 Å². The first-order chi connectivity index (χ1) is 7.61. The highest BCUT2D eigenvalue weighted by atomic mass is 16.4. The van der Waals surface area contributed by atoms with Crippen LogP contribution in [0.1, 0.15) is 34.3 Å². The molecule has 1 heterocycles. The zero-order chi connectivity index (χ0) is 11.7. The molecule has 0 amide bonds. The van der Waals surface area contributed by atoms with Gasteiger partial charge in [0.15, 0.2) is 0 Å². The Kier molecular flexibility index (Phi) is 2.84. The summed E-state index contributed by atoms with van der Waals surface area (Å²) >= 11 is 0. The van der Waals surface area contributed by atoms with Gasteiger partial charge in [0, 0.05) is 0 Å². The summed E-state index contributed by atoms with van der Waals surface area (Å²) in [7, 11) is 0. The SMILES string of the molecule is Cc1oc(C(O)c2ccccc2)c(C)c1C. The summed E-state index contributed by atoms with van der Waals surface area (Å²) < 4.78 is 5.61. The summed E-state index contributed by atoms with van der Waals surface area (Å²) in [5.41, 5.74) is 3.01. The second-order valence-electron chi connectivity index (χ2n) is 4.09. The normalized spacial score (nSPS) is 12.8. The van der Waals surface area contributed by atoms with Crippen molar-refractivity contribution in [3.8, 4) is 0 Å². The maximum absolute atomic E-state index is 10.2. The van der Waals surface area contributed by atoms with Crippen LogP contribution in [0.4, 0.5) is 0 Å². The largest absolute Gasteiger partial charge is 0.463 e. The van der Waals surface area contributed by atoms with Crippen molar-refractivity contribution in [2.45, 2.75) is 26.9 Å². The van der Waals surface area contributed by atoms with Gasteiger partial charge in [-0.15, -0.1) is 0 Å². The number of aliphatic hydroxyl groups excluding tert-OH is 1. The monoisotopic (exact) mass is 216 g/mol. The average Bonchev–Trinajstić information content (AvgIpc) is 2.57. The van der Waals surface area contributed by atoms with Gasteiger partial charge in [-0.1, -0.05) is 30.3 Å². The van der Waals surface area contributed by atoms with Gasteiger partial charge in [0.05, 0.1) is 0 Å². The molecule has 0 fully saturated rings. The smallest absolute Gasteiger partial charge is 0.140 e. The van der Waals surface area contributed by atoms with Crippen molar-refractivity contribution in [3.05, 3.63) is 58.5 Å². The quantitative estimate of drug-likeness (QED) is 0.835. The van der Waals surface area contributed by atoms with E-state index in [1.54, 1.807) is 0 Å². The number of benzene rings is 1. The van der Waals surface area contributed by atoms with Gasteiger partial charge in [-0.3, -0.25) is 0 Å². The highest BCUT2D eigenvalue weighted by molar-refractivity contribution is 5.35. The average molecular weight is 216 g/mol. The molecule has 0 aliphatic rings. The van der Waals surface area contributed by atoms with Crippen LogP contribution >= 0.6 is 0 Å². The van der Waals surface area contributed by atoms with Crippen LogP contribution in [0, 0.1) is 20.8 Å². The minimum atomic E-state index is -0.673. The molecule has 0 aliphatic heterocycles. The van der Waals surface area contributed by atoms with Gasteiger partial charge in [-0.2, -0.15) is 0 Å². The Bertz CT molecular complexity index is 483. The predicted octanol–water partition coefficient (Wildman–Crippen LogP) is 3.29. The molecule has 2 heteroatoms. The number of aryl methyl sites for hydroxylation is 1. The van der Waals surface area contributed by atoms with Gasteiger partial charge < -0.3 is 9.52 Å². The predicted molar refractivity (Wildman–Crippen MR) is 63.4 cm³/mol. The first-order valence-corrected chi connectivity index (χ1v) is 5.40. The molecule has 0 radical (unpaired) electrons. The number of furan rings is 1. The molecule has 1 aromatic carbocycles. The van der Waals surface area contributed by atoms with Crippen molar-refractivity contribution < 1.29 is 9.52 Å². The summed E-state index contributed by atoms with van der Waals surface area (Å²) in [4.78, 5) is 0. The zero-order valence-corrected chi connectivity index (χ0v) is 9.82. The van der Waals surface area contributed by atoms with E-state index in [1.165, 1.54) is 0 Å². The summed E-state index contributed by atoms with van der Waals surface area (Å²) in [6, 6.07) is 9.56. The Morgan fingerprint density at radius 3 is 2.12 bits per heavy atom. The fraction of sp³-hybridized carbons (Fsp3) is 0.286. The lowest BCUT2D eigenvalue weighted by Crippen LogP contribution is -1.99. The van der Waals surface area contributed by atoms with E-state index in [-0.39, 0.29) is 0 Å². The van der Waals surface area contributed by atoms with Gasteiger partial charge >= 0.3 is 0 Å². The summed E-state index contributed by atoms with van der Waals surface area (Å²) in [5, 5.41) is 10.2. The molecule has 0 aliphatic carbocycles. The molecule has 0 spiro atoms. The molecule has 1 N–H and O–H groups in total. The molecule has 0 saturated carbocycles. The minimum absolute atomic E-state index is 0.654. The fourth-order valence-corrected chi connectivity index (χ4v) is 1.81.